The molecule has 1 aromatic heterocycles. The van der Waals surface area contributed by atoms with Crippen LogP contribution in [0.3, 0.4) is 0 Å². The van der Waals surface area contributed by atoms with Crippen LogP contribution in [0.1, 0.15) is 23.8 Å². The molecule has 26 heavy (non-hydrogen) atoms. The van der Waals surface area contributed by atoms with Crippen LogP contribution in [0.15, 0.2) is 24.3 Å². The number of aromatic amines is 1. The number of amides is 2. The number of phenolic OH excluding ortho intramolecular Hbond substituents is 1. The van der Waals surface area contributed by atoms with E-state index >= 15 is 0 Å². The highest BCUT2D eigenvalue weighted by Gasteiger charge is 2.43. The molecular formula is C19H23N3O4. The Morgan fingerprint density at radius 2 is 2.08 bits per heavy atom. The minimum atomic E-state index is -0.405. The number of phenols is 1. The summed E-state index contributed by atoms with van der Waals surface area (Å²) in [5.41, 5.74) is 1.23. The number of carbonyl (C=O) groups is 2. The van der Waals surface area contributed by atoms with Gasteiger partial charge in [0.1, 0.15) is 11.4 Å². The maximum atomic E-state index is 13.0. The highest BCUT2D eigenvalue weighted by molar-refractivity contribution is 5.98. The van der Waals surface area contributed by atoms with Crippen molar-refractivity contribution in [2.45, 2.75) is 19.4 Å². The van der Waals surface area contributed by atoms with Crippen LogP contribution in [0.4, 0.5) is 0 Å². The third kappa shape index (κ3) is 2.82. The van der Waals surface area contributed by atoms with Gasteiger partial charge in [0.2, 0.25) is 5.91 Å². The maximum absolute atomic E-state index is 13.0. The minimum absolute atomic E-state index is 0.0101. The van der Waals surface area contributed by atoms with Crippen LogP contribution in [0.25, 0.3) is 10.9 Å². The third-order valence-electron chi connectivity index (χ3n) is 5.52. The quantitative estimate of drug-likeness (QED) is 0.768. The number of carbonyl (C=O) groups excluding carboxylic acids is 2. The van der Waals surface area contributed by atoms with Crippen LogP contribution >= 0.6 is 0 Å². The highest BCUT2D eigenvalue weighted by atomic mass is 16.3. The number of rotatable bonds is 3. The van der Waals surface area contributed by atoms with Gasteiger partial charge in [0.05, 0.1) is 18.6 Å². The molecule has 3 N–H and O–H groups in total. The molecule has 7 nitrogen and oxygen atoms in total. The lowest BCUT2D eigenvalue weighted by Crippen LogP contribution is -2.48. The molecule has 3 atom stereocenters. The van der Waals surface area contributed by atoms with E-state index < -0.39 is 5.92 Å². The summed E-state index contributed by atoms with van der Waals surface area (Å²) in [4.78, 5) is 32.1. The molecule has 3 unspecified atom stereocenters. The molecule has 2 aliphatic rings. The fourth-order valence-electron chi connectivity index (χ4n) is 4.16. The molecule has 2 fully saturated rings. The first-order chi connectivity index (χ1) is 12.5. The van der Waals surface area contributed by atoms with Crippen molar-refractivity contribution in [2.75, 3.05) is 26.2 Å². The zero-order valence-electron chi connectivity index (χ0n) is 14.7. The molecule has 2 amide bonds. The molecule has 7 heteroatoms. The van der Waals surface area contributed by atoms with Gasteiger partial charge >= 0.3 is 0 Å². The van der Waals surface area contributed by atoms with Crippen LogP contribution in [0.5, 0.6) is 5.75 Å². The van der Waals surface area contributed by atoms with Gasteiger partial charge in [-0.25, -0.2) is 0 Å². The summed E-state index contributed by atoms with van der Waals surface area (Å²) in [5.74, 6) is -0.0863. The number of aliphatic hydroxyl groups is 1. The van der Waals surface area contributed by atoms with E-state index in [0.717, 1.165) is 17.3 Å². The number of nitrogens with zero attached hydrogens (tertiary/aromatic N) is 2. The van der Waals surface area contributed by atoms with Crippen molar-refractivity contribution >= 4 is 22.7 Å². The van der Waals surface area contributed by atoms with Crippen LogP contribution in [-0.2, 0) is 4.79 Å². The van der Waals surface area contributed by atoms with E-state index in [1.807, 2.05) is 4.90 Å². The Kier molecular flexibility index (Phi) is 4.11. The summed E-state index contributed by atoms with van der Waals surface area (Å²) >= 11 is 0. The van der Waals surface area contributed by atoms with E-state index in [4.69, 9.17) is 0 Å². The molecule has 2 aromatic rings. The van der Waals surface area contributed by atoms with Gasteiger partial charge in [-0.15, -0.1) is 0 Å². The van der Waals surface area contributed by atoms with Gasteiger partial charge in [0, 0.05) is 36.6 Å². The van der Waals surface area contributed by atoms with E-state index in [9.17, 15) is 19.8 Å². The molecule has 1 aromatic carbocycles. The van der Waals surface area contributed by atoms with Crippen LogP contribution < -0.4 is 0 Å². The minimum Gasteiger partial charge on any atom is -0.508 e. The Balaban J connectivity index is 1.53. The van der Waals surface area contributed by atoms with Crippen molar-refractivity contribution in [1.29, 1.82) is 0 Å². The van der Waals surface area contributed by atoms with E-state index in [-0.39, 0.29) is 36.1 Å². The predicted octanol–water partition coefficient (Wildman–Crippen LogP) is 1.17. The van der Waals surface area contributed by atoms with Gasteiger partial charge in [-0.05, 0) is 30.5 Å². The van der Waals surface area contributed by atoms with Crippen molar-refractivity contribution < 1.29 is 19.8 Å². The van der Waals surface area contributed by atoms with Crippen LogP contribution in [0.2, 0.25) is 0 Å². The SMILES string of the molecule is CC(CO)C(=O)N1CC2CC(C1)N(C(=O)c1cc3ccc(O)cc3[nH]1)C2. The summed E-state index contributed by atoms with van der Waals surface area (Å²) in [6.07, 6.45) is 0.907. The number of nitrogens with one attached hydrogen (secondary N) is 1. The van der Waals surface area contributed by atoms with Crippen LogP contribution in [-0.4, -0.2) is 69.1 Å². The third-order valence-corrected chi connectivity index (χ3v) is 5.52. The molecule has 4 rings (SSSR count). The molecule has 138 valence electrons. The fraction of sp³-hybridized carbons (Fsp3) is 0.474. The van der Waals surface area contributed by atoms with Crippen molar-refractivity contribution in [3.63, 3.8) is 0 Å². The molecular weight excluding hydrogens is 334 g/mol. The first kappa shape index (κ1) is 16.9. The van der Waals surface area contributed by atoms with Crippen molar-refractivity contribution in [3.8, 4) is 5.75 Å². The number of aliphatic hydroxyl groups excluding tert-OH is 1. The summed E-state index contributed by atoms with van der Waals surface area (Å²) < 4.78 is 0. The normalized spacial score (nSPS) is 23.5. The summed E-state index contributed by atoms with van der Waals surface area (Å²) in [5, 5.41) is 19.7. The van der Waals surface area contributed by atoms with Gasteiger partial charge in [0.25, 0.3) is 5.91 Å². The number of fused-ring (bicyclic) bond motifs is 3. The second kappa shape index (κ2) is 6.32. The topological polar surface area (TPSA) is 96.9 Å². The molecule has 0 aliphatic carbocycles. The van der Waals surface area contributed by atoms with Crippen LogP contribution in [0, 0.1) is 11.8 Å². The lowest BCUT2D eigenvalue weighted by atomic mass is 9.98. The number of H-pyrrole nitrogens is 1. The van der Waals surface area contributed by atoms with Gasteiger partial charge in [-0.2, -0.15) is 0 Å². The smallest absolute Gasteiger partial charge is 0.270 e. The molecule has 2 aliphatic heterocycles. The monoisotopic (exact) mass is 357 g/mol. The number of hydrogen-bond donors (Lipinski definition) is 3. The Hall–Kier alpha value is -2.54. The van der Waals surface area contributed by atoms with Gasteiger partial charge in [-0.3, -0.25) is 9.59 Å². The molecule has 2 saturated heterocycles. The number of aromatic nitrogens is 1. The number of benzene rings is 1. The number of hydrogen-bond acceptors (Lipinski definition) is 4. The molecule has 0 saturated carbocycles. The molecule has 0 spiro atoms. The van der Waals surface area contributed by atoms with Gasteiger partial charge < -0.3 is 25.0 Å². The zero-order valence-corrected chi connectivity index (χ0v) is 14.7. The average molecular weight is 357 g/mol. The Bertz CT molecular complexity index is 862. The Labute approximate surface area is 151 Å². The summed E-state index contributed by atoms with van der Waals surface area (Å²) in [6.45, 7) is 3.37. The van der Waals surface area contributed by atoms with Gasteiger partial charge in [-0.1, -0.05) is 6.92 Å². The Morgan fingerprint density at radius 3 is 2.85 bits per heavy atom. The van der Waals surface area contributed by atoms with E-state index in [1.165, 1.54) is 0 Å². The van der Waals surface area contributed by atoms with Crippen molar-refractivity contribution in [2.24, 2.45) is 11.8 Å². The second-order valence-corrected chi connectivity index (χ2v) is 7.49. The standard InChI is InChI=1S/C19H23N3O4/c1-11(10-23)18(25)21-7-12-4-14(9-21)22(8-12)19(26)17-5-13-2-3-15(24)6-16(13)20-17/h2-3,5-6,11-12,14,20,23-24H,4,7-10H2,1H3. The highest BCUT2D eigenvalue weighted by Crippen LogP contribution is 2.32. The molecule has 3 heterocycles. The lowest BCUT2D eigenvalue weighted by molar-refractivity contribution is -0.137. The maximum Gasteiger partial charge on any atom is 0.270 e. The number of aromatic hydroxyl groups is 1. The average Bonchev–Trinajstić information content (AvgIpc) is 3.19. The van der Waals surface area contributed by atoms with Gasteiger partial charge in [0.15, 0.2) is 0 Å². The second-order valence-electron chi connectivity index (χ2n) is 7.49. The Morgan fingerprint density at radius 1 is 1.27 bits per heavy atom. The predicted molar refractivity (Wildman–Crippen MR) is 95.7 cm³/mol. The first-order valence-corrected chi connectivity index (χ1v) is 8.98. The zero-order chi connectivity index (χ0) is 18.4. The van der Waals surface area contributed by atoms with E-state index in [0.29, 0.717) is 25.3 Å². The fourth-order valence-corrected chi connectivity index (χ4v) is 4.16. The van der Waals surface area contributed by atoms with E-state index in [2.05, 4.69) is 4.98 Å². The summed E-state index contributed by atoms with van der Waals surface area (Å²) in [6, 6.07) is 6.79. The van der Waals surface area contributed by atoms with Crippen molar-refractivity contribution in [1.82, 2.24) is 14.8 Å². The van der Waals surface area contributed by atoms with E-state index in [1.54, 1.807) is 36.1 Å². The molecule has 2 bridgehead atoms. The van der Waals surface area contributed by atoms with Crippen molar-refractivity contribution in [3.05, 3.63) is 30.0 Å². The largest absolute Gasteiger partial charge is 0.508 e. The number of piperidine rings is 1. The number of likely N-dealkylation sites (tertiary alicyclic amines) is 2. The first-order valence-electron chi connectivity index (χ1n) is 8.98. The lowest BCUT2D eigenvalue weighted by Gasteiger charge is -2.34. The molecule has 0 radical (unpaired) electrons. The summed E-state index contributed by atoms with van der Waals surface area (Å²) in [7, 11) is 0.